The lowest BCUT2D eigenvalue weighted by Gasteiger charge is -2.15. The van der Waals surface area contributed by atoms with E-state index in [1.165, 1.54) is 18.2 Å². The molecule has 0 spiro atoms. The number of hydrogen-bond acceptors (Lipinski definition) is 4. The predicted octanol–water partition coefficient (Wildman–Crippen LogP) is 3.87. The number of rotatable bonds is 4. The minimum absolute atomic E-state index is 0.265. The molecule has 1 N–H and O–H groups in total. The average molecular weight is 366 g/mol. The Hall–Kier alpha value is -2.55. The largest absolute Gasteiger partial charge is 0.418 e. The fourth-order valence-corrected chi connectivity index (χ4v) is 3.02. The number of alkyl halides is 3. The molecule has 0 aliphatic rings. The Morgan fingerprint density at radius 1 is 1.16 bits per heavy atom. The number of pyridine rings is 1. The van der Waals surface area contributed by atoms with Gasteiger partial charge in [0.05, 0.1) is 16.5 Å². The van der Waals surface area contributed by atoms with Crippen molar-refractivity contribution in [2.24, 2.45) is 0 Å². The van der Waals surface area contributed by atoms with Crippen LogP contribution in [0.25, 0.3) is 5.65 Å². The molecule has 0 fully saturated rings. The third kappa shape index (κ3) is 3.76. The van der Waals surface area contributed by atoms with Gasteiger partial charge in [0.1, 0.15) is 0 Å². The second kappa shape index (κ2) is 6.75. The number of carbonyl (C=O) groups excluding carboxylic acids is 1. The van der Waals surface area contributed by atoms with Crippen LogP contribution >= 0.6 is 11.8 Å². The molecule has 130 valence electrons. The number of anilines is 1. The minimum Gasteiger partial charge on any atom is -0.325 e. The van der Waals surface area contributed by atoms with Gasteiger partial charge >= 0.3 is 6.18 Å². The molecule has 0 aliphatic heterocycles. The van der Waals surface area contributed by atoms with Gasteiger partial charge in [-0.15, -0.1) is 10.2 Å². The molecule has 1 amide bonds. The van der Waals surface area contributed by atoms with Gasteiger partial charge in [-0.1, -0.05) is 30.0 Å². The normalized spacial score (nSPS) is 13.0. The lowest BCUT2D eigenvalue weighted by atomic mass is 10.1. The van der Waals surface area contributed by atoms with Gasteiger partial charge in [-0.25, -0.2) is 0 Å². The number of carbonyl (C=O) groups is 1. The number of benzene rings is 1. The van der Waals surface area contributed by atoms with Crippen molar-refractivity contribution < 1.29 is 18.0 Å². The quantitative estimate of drug-likeness (QED) is 0.712. The number of nitrogens with zero attached hydrogens (tertiary/aromatic N) is 3. The summed E-state index contributed by atoms with van der Waals surface area (Å²) in [7, 11) is 0. The maximum atomic E-state index is 13.0. The summed E-state index contributed by atoms with van der Waals surface area (Å²) >= 11 is 1.12. The first-order valence-electron chi connectivity index (χ1n) is 7.30. The molecule has 0 aliphatic carbocycles. The molecular formula is C16H13F3N4OS. The van der Waals surface area contributed by atoms with Crippen LogP contribution in [0.15, 0.2) is 53.8 Å². The summed E-state index contributed by atoms with van der Waals surface area (Å²) in [5, 5.41) is 10.1. The van der Waals surface area contributed by atoms with E-state index in [0.29, 0.717) is 10.8 Å². The molecule has 0 saturated heterocycles. The molecule has 5 nitrogen and oxygen atoms in total. The van der Waals surface area contributed by atoms with Gasteiger partial charge in [-0.2, -0.15) is 13.2 Å². The zero-order valence-electron chi connectivity index (χ0n) is 13.0. The number of halogens is 3. The molecule has 0 bridgehead atoms. The van der Waals surface area contributed by atoms with Crippen molar-refractivity contribution in [3.8, 4) is 0 Å². The maximum Gasteiger partial charge on any atom is 0.418 e. The van der Waals surface area contributed by atoms with Crippen LogP contribution in [0.2, 0.25) is 0 Å². The molecule has 2 aromatic heterocycles. The van der Waals surface area contributed by atoms with E-state index in [2.05, 4.69) is 15.5 Å². The minimum atomic E-state index is -4.54. The Labute approximate surface area is 145 Å². The standard InChI is InChI=1S/C16H13F3N4OS/c1-10(25-15-22-21-13-8-4-5-9-23(13)15)14(24)20-12-7-3-2-6-11(12)16(17,18)19/h2-10H,1H3,(H,20,24)/t10-/m0/s1. The van der Waals surface area contributed by atoms with Crippen molar-refractivity contribution in [1.29, 1.82) is 0 Å². The Kier molecular flexibility index (Phi) is 4.67. The second-order valence-electron chi connectivity index (χ2n) is 5.20. The molecular weight excluding hydrogens is 353 g/mol. The third-order valence-electron chi connectivity index (χ3n) is 3.42. The summed E-state index contributed by atoms with van der Waals surface area (Å²) < 4.78 is 40.7. The number of fused-ring (bicyclic) bond motifs is 1. The van der Waals surface area contributed by atoms with Gasteiger partial charge in [0.15, 0.2) is 10.8 Å². The van der Waals surface area contributed by atoms with Gasteiger partial charge in [-0.05, 0) is 31.2 Å². The predicted molar refractivity (Wildman–Crippen MR) is 88.4 cm³/mol. The van der Waals surface area contributed by atoms with Crippen molar-refractivity contribution in [1.82, 2.24) is 14.6 Å². The third-order valence-corrected chi connectivity index (χ3v) is 4.48. The highest BCUT2D eigenvalue weighted by Crippen LogP contribution is 2.35. The number of para-hydroxylation sites is 1. The molecule has 3 rings (SSSR count). The van der Waals surface area contributed by atoms with Crippen LogP contribution < -0.4 is 5.32 Å². The van der Waals surface area contributed by atoms with E-state index in [1.807, 2.05) is 6.07 Å². The first kappa shape index (κ1) is 17.3. The highest BCUT2D eigenvalue weighted by atomic mass is 32.2. The monoisotopic (exact) mass is 366 g/mol. The molecule has 0 saturated carbocycles. The van der Waals surface area contributed by atoms with Crippen molar-refractivity contribution >= 4 is 29.0 Å². The van der Waals surface area contributed by atoms with Crippen molar-refractivity contribution in [3.63, 3.8) is 0 Å². The van der Waals surface area contributed by atoms with Crippen LogP contribution in [0.4, 0.5) is 18.9 Å². The van der Waals surface area contributed by atoms with E-state index >= 15 is 0 Å². The highest BCUT2D eigenvalue weighted by Gasteiger charge is 2.34. The van der Waals surface area contributed by atoms with Crippen LogP contribution in [-0.2, 0) is 11.0 Å². The molecule has 1 atom stereocenters. The summed E-state index contributed by atoms with van der Waals surface area (Å²) in [6.07, 6.45) is -2.79. The Bertz CT molecular complexity index is 910. The fourth-order valence-electron chi connectivity index (χ4n) is 2.19. The number of hydrogen-bond donors (Lipinski definition) is 1. The van der Waals surface area contributed by atoms with Crippen molar-refractivity contribution in [2.75, 3.05) is 5.32 Å². The van der Waals surface area contributed by atoms with Crippen LogP contribution in [0.3, 0.4) is 0 Å². The number of aromatic nitrogens is 3. The molecule has 3 aromatic rings. The van der Waals surface area contributed by atoms with Crippen molar-refractivity contribution in [2.45, 2.75) is 23.5 Å². The average Bonchev–Trinajstić information content (AvgIpc) is 2.97. The summed E-state index contributed by atoms with van der Waals surface area (Å²) in [4.78, 5) is 12.3. The second-order valence-corrected chi connectivity index (χ2v) is 6.51. The molecule has 0 unspecified atom stereocenters. The Balaban J connectivity index is 1.76. The summed E-state index contributed by atoms with van der Waals surface area (Å²) in [5.41, 5.74) is -0.521. The molecule has 1 aromatic carbocycles. The Morgan fingerprint density at radius 2 is 1.88 bits per heavy atom. The maximum absolute atomic E-state index is 13.0. The lowest BCUT2D eigenvalue weighted by molar-refractivity contribution is -0.137. The highest BCUT2D eigenvalue weighted by molar-refractivity contribution is 8.00. The first-order chi connectivity index (χ1) is 11.9. The lowest BCUT2D eigenvalue weighted by Crippen LogP contribution is -2.24. The summed E-state index contributed by atoms with van der Waals surface area (Å²) in [6, 6.07) is 10.2. The van der Waals surface area contributed by atoms with Crippen LogP contribution in [0, 0.1) is 0 Å². The van der Waals surface area contributed by atoms with E-state index in [-0.39, 0.29) is 5.69 Å². The van der Waals surface area contributed by atoms with E-state index in [0.717, 1.165) is 17.8 Å². The van der Waals surface area contributed by atoms with Gasteiger partial charge < -0.3 is 5.32 Å². The van der Waals surface area contributed by atoms with E-state index in [9.17, 15) is 18.0 Å². The molecule has 0 radical (unpaired) electrons. The SMILES string of the molecule is C[C@H](Sc1nnc2ccccn12)C(=O)Nc1ccccc1C(F)(F)F. The zero-order valence-corrected chi connectivity index (χ0v) is 13.8. The molecule has 2 heterocycles. The summed E-state index contributed by atoms with van der Waals surface area (Å²) in [5.74, 6) is -0.547. The molecule has 25 heavy (non-hydrogen) atoms. The van der Waals surface area contributed by atoms with Crippen LogP contribution in [0.1, 0.15) is 12.5 Å². The van der Waals surface area contributed by atoms with E-state index in [4.69, 9.17) is 0 Å². The summed E-state index contributed by atoms with van der Waals surface area (Å²) in [6.45, 7) is 1.60. The first-order valence-corrected chi connectivity index (χ1v) is 8.18. The zero-order chi connectivity index (χ0) is 18.0. The van der Waals surface area contributed by atoms with Crippen LogP contribution in [-0.4, -0.2) is 25.8 Å². The number of amides is 1. The smallest absolute Gasteiger partial charge is 0.325 e. The van der Waals surface area contributed by atoms with E-state index < -0.39 is 22.9 Å². The van der Waals surface area contributed by atoms with Gasteiger partial charge in [-0.3, -0.25) is 9.20 Å². The van der Waals surface area contributed by atoms with Gasteiger partial charge in [0.25, 0.3) is 0 Å². The number of thioether (sulfide) groups is 1. The number of nitrogens with one attached hydrogen (secondary N) is 1. The topological polar surface area (TPSA) is 59.3 Å². The molecule has 9 heteroatoms. The van der Waals surface area contributed by atoms with Gasteiger partial charge in [0.2, 0.25) is 5.91 Å². The van der Waals surface area contributed by atoms with E-state index in [1.54, 1.807) is 29.7 Å². The van der Waals surface area contributed by atoms with Gasteiger partial charge in [0, 0.05) is 6.20 Å². The van der Waals surface area contributed by atoms with Crippen molar-refractivity contribution in [3.05, 3.63) is 54.2 Å². The fraction of sp³-hybridized carbons (Fsp3) is 0.188. The Morgan fingerprint density at radius 3 is 2.64 bits per heavy atom. The van der Waals surface area contributed by atoms with Crippen LogP contribution in [0.5, 0.6) is 0 Å².